The number of benzene rings is 1. The van der Waals surface area contributed by atoms with E-state index in [4.69, 9.17) is 5.73 Å². The van der Waals surface area contributed by atoms with Crippen molar-refractivity contribution in [3.63, 3.8) is 0 Å². The van der Waals surface area contributed by atoms with Gasteiger partial charge in [-0.1, -0.05) is 45.5 Å². The zero-order chi connectivity index (χ0) is 9.26. The number of nitrogens with zero attached hydrogens (tertiary/aromatic N) is 1. The Balaban J connectivity index is 2.52. The summed E-state index contributed by atoms with van der Waals surface area (Å²) in [6.45, 7) is 0. The molecule has 0 fully saturated rings. The molecule has 2 rings (SSSR count). The monoisotopic (exact) mass is 254 g/mol. The van der Waals surface area contributed by atoms with E-state index < -0.39 is 0 Å². The molecule has 2 aromatic rings. The van der Waals surface area contributed by atoms with Crippen LogP contribution in [0.3, 0.4) is 0 Å². The Morgan fingerprint density at radius 1 is 1.31 bits per heavy atom. The third kappa shape index (κ3) is 1.73. The van der Waals surface area contributed by atoms with Gasteiger partial charge in [0.25, 0.3) is 0 Å². The van der Waals surface area contributed by atoms with E-state index in [9.17, 15) is 0 Å². The van der Waals surface area contributed by atoms with E-state index in [-0.39, 0.29) is 0 Å². The van der Waals surface area contributed by atoms with Crippen LogP contribution < -0.4 is 5.73 Å². The normalized spacial score (nSPS) is 10.2. The lowest BCUT2D eigenvalue weighted by molar-refractivity contribution is 1.42. The highest BCUT2D eigenvalue weighted by atomic mass is 79.9. The standard InChI is InChI=1S/C9H7BrN2S/c10-7-4-2-1-3-6(7)8-5-12-9(11)13-8/h1-5H,(H2,11,12). The molecule has 0 unspecified atom stereocenters. The summed E-state index contributed by atoms with van der Waals surface area (Å²) in [5, 5.41) is 0.603. The summed E-state index contributed by atoms with van der Waals surface area (Å²) >= 11 is 4.97. The van der Waals surface area contributed by atoms with Crippen molar-refractivity contribution in [1.82, 2.24) is 4.98 Å². The van der Waals surface area contributed by atoms with Gasteiger partial charge in [0.2, 0.25) is 0 Å². The summed E-state index contributed by atoms with van der Waals surface area (Å²) in [4.78, 5) is 5.10. The summed E-state index contributed by atoms with van der Waals surface area (Å²) in [7, 11) is 0. The van der Waals surface area contributed by atoms with Crippen LogP contribution in [0.1, 0.15) is 0 Å². The molecule has 13 heavy (non-hydrogen) atoms. The number of nitrogens with two attached hydrogens (primary N) is 1. The SMILES string of the molecule is Nc1ncc(-c2ccccc2Br)s1. The number of aromatic nitrogens is 1. The second kappa shape index (κ2) is 3.47. The number of rotatable bonds is 1. The van der Waals surface area contributed by atoms with Crippen molar-refractivity contribution < 1.29 is 0 Å². The largest absolute Gasteiger partial charge is 0.375 e. The highest BCUT2D eigenvalue weighted by Gasteiger charge is 2.04. The summed E-state index contributed by atoms with van der Waals surface area (Å²) in [5.41, 5.74) is 6.69. The Hall–Kier alpha value is -0.870. The first-order valence-electron chi connectivity index (χ1n) is 3.73. The van der Waals surface area contributed by atoms with E-state index in [1.807, 2.05) is 24.3 Å². The van der Waals surface area contributed by atoms with Crippen molar-refractivity contribution in [3.05, 3.63) is 34.9 Å². The summed E-state index contributed by atoms with van der Waals surface area (Å²) in [6, 6.07) is 8.02. The van der Waals surface area contributed by atoms with E-state index in [0.29, 0.717) is 5.13 Å². The fraction of sp³-hybridized carbons (Fsp3) is 0. The summed E-state index contributed by atoms with van der Waals surface area (Å²) in [5.74, 6) is 0. The van der Waals surface area contributed by atoms with Crippen LogP contribution in [0, 0.1) is 0 Å². The highest BCUT2D eigenvalue weighted by Crippen LogP contribution is 2.32. The van der Waals surface area contributed by atoms with Gasteiger partial charge in [0.05, 0.1) is 4.88 Å². The van der Waals surface area contributed by atoms with Gasteiger partial charge in [0.1, 0.15) is 0 Å². The van der Waals surface area contributed by atoms with Crippen LogP contribution >= 0.6 is 27.3 Å². The van der Waals surface area contributed by atoms with Crippen molar-refractivity contribution in [2.75, 3.05) is 5.73 Å². The second-order valence-corrected chi connectivity index (χ2v) is 4.46. The van der Waals surface area contributed by atoms with Crippen LogP contribution in [-0.4, -0.2) is 4.98 Å². The summed E-state index contributed by atoms with van der Waals surface area (Å²) < 4.78 is 1.07. The van der Waals surface area contributed by atoms with Crippen molar-refractivity contribution >= 4 is 32.4 Å². The van der Waals surface area contributed by atoms with Crippen LogP contribution in [0.5, 0.6) is 0 Å². The molecule has 66 valence electrons. The molecule has 0 saturated heterocycles. The Bertz CT molecular complexity index is 425. The predicted molar refractivity (Wildman–Crippen MR) is 59.7 cm³/mol. The zero-order valence-electron chi connectivity index (χ0n) is 6.70. The van der Waals surface area contributed by atoms with Crippen molar-refractivity contribution in [1.29, 1.82) is 0 Å². The minimum atomic E-state index is 0.603. The van der Waals surface area contributed by atoms with Gasteiger partial charge < -0.3 is 5.73 Å². The minimum Gasteiger partial charge on any atom is -0.375 e. The Morgan fingerprint density at radius 3 is 2.69 bits per heavy atom. The molecule has 4 heteroatoms. The smallest absolute Gasteiger partial charge is 0.180 e. The Labute approximate surface area is 88.6 Å². The van der Waals surface area contributed by atoms with E-state index >= 15 is 0 Å². The average Bonchev–Trinajstić information content (AvgIpc) is 2.53. The van der Waals surface area contributed by atoms with Gasteiger partial charge >= 0.3 is 0 Å². The molecule has 0 amide bonds. The highest BCUT2D eigenvalue weighted by molar-refractivity contribution is 9.10. The molecular formula is C9H7BrN2S. The molecule has 0 aliphatic rings. The fourth-order valence-corrected chi connectivity index (χ4v) is 2.43. The molecule has 0 spiro atoms. The number of nitrogen functional groups attached to an aromatic ring is 1. The molecule has 1 heterocycles. The quantitative estimate of drug-likeness (QED) is 0.850. The maximum Gasteiger partial charge on any atom is 0.180 e. The van der Waals surface area contributed by atoms with Gasteiger partial charge in [-0.15, -0.1) is 0 Å². The van der Waals surface area contributed by atoms with E-state index in [1.165, 1.54) is 11.3 Å². The summed E-state index contributed by atoms with van der Waals surface area (Å²) in [6.07, 6.45) is 1.79. The molecule has 0 radical (unpaired) electrons. The van der Waals surface area contributed by atoms with E-state index in [0.717, 1.165) is 14.9 Å². The molecule has 0 bridgehead atoms. The van der Waals surface area contributed by atoms with Crippen molar-refractivity contribution in [2.24, 2.45) is 0 Å². The fourth-order valence-electron chi connectivity index (χ4n) is 1.07. The molecule has 0 atom stereocenters. The minimum absolute atomic E-state index is 0.603. The predicted octanol–water partition coefficient (Wildman–Crippen LogP) is 3.15. The number of hydrogen-bond donors (Lipinski definition) is 1. The third-order valence-electron chi connectivity index (χ3n) is 1.66. The number of hydrogen-bond acceptors (Lipinski definition) is 3. The average molecular weight is 255 g/mol. The lowest BCUT2D eigenvalue weighted by Gasteiger charge is -1.98. The Morgan fingerprint density at radius 2 is 2.08 bits per heavy atom. The third-order valence-corrected chi connectivity index (χ3v) is 3.21. The van der Waals surface area contributed by atoms with Crippen LogP contribution in [0.4, 0.5) is 5.13 Å². The molecule has 1 aromatic carbocycles. The van der Waals surface area contributed by atoms with Gasteiger partial charge in [0.15, 0.2) is 5.13 Å². The zero-order valence-corrected chi connectivity index (χ0v) is 9.10. The van der Waals surface area contributed by atoms with E-state index in [1.54, 1.807) is 6.20 Å². The molecule has 2 nitrogen and oxygen atoms in total. The maximum atomic E-state index is 5.56. The first-order valence-corrected chi connectivity index (χ1v) is 5.34. The first-order chi connectivity index (χ1) is 6.27. The van der Waals surface area contributed by atoms with Gasteiger partial charge in [-0.3, -0.25) is 0 Å². The molecule has 0 aliphatic heterocycles. The molecule has 0 aliphatic carbocycles. The van der Waals surface area contributed by atoms with E-state index in [2.05, 4.69) is 20.9 Å². The van der Waals surface area contributed by atoms with Crippen LogP contribution in [-0.2, 0) is 0 Å². The molecule has 0 saturated carbocycles. The molecular weight excluding hydrogens is 248 g/mol. The number of anilines is 1. The molecule has 1 aromatic heterocycles. The number of thiazole rings is 1. The Kier molecular flexibility index (Phi) is 2.33. The van der Waals surface area contributed by atoms with Crippen molar-refractivity contribution in [2.45, 2.75) is 0 Å². The lowest BCUT2D eigenvalue weighted by Crippen LogP contribution is -1.77. The second-order valence-electron chi connectivity index (χ2n) is 2.54. The van der Waals surface area contributed by atoms with Crippen LogP contribution in [0.25, 0.3) is 10.4 Å². The van der Waals surface area contributed by atoms with Gasteiger partial charge in [0, 0.05) is 16.2 Å². The number of halogens is 1. The molecule has 2 N–H and O–H groups in total. The van der Waals surface area contributed by atoms with Gasteiger partial charge in [-0.2, -0.15) is 0 Å². The first kappa shape index (κ1) is 8.72. The topological polar surface area (TPSA) is 38.9 Å². The van der Waals surface area contributed by atoms with Crippen molar-refractivity contribution in [3.8, 4) is 10.4 Å². The lowest BCUT2D eigenvalue weighted by atomic mass is 10.2. The van der Waals surface area contributed by atoms with Gasteiger partial charge in [-0.25, -0.2) is 4.98 Å². The maximum absolute atomic E-state index is 5.56. The van der Waals surface area contributed by atoms with Crippen LogP contribution in [0.2, 0.25) is 0 Å². The van der Waals surface area contributed by atoms with Gasteiger partial charge in [-0.05, 0) is 6.07 Å². The van der Waals surface area contributed by atoms with Crippen LogP contribution in [0.15, 0.2) is 34.9 Å².